The van der Waals surface area contributed by atoms with Gasteiger partial charge in [0.05, 0.1) is 6.04 Å². The molecular weight excluding hydrogens is 368 g/mol. The molecule has 1 amide bonds. The Hall–Kier alpha value is -1.84. The summed E-state index contributed by atoms with van der Waals surface area (Å²) < 4.78 is 0. The molecule has 1 N–H and O–H groups in total. The predicted octanol–water partition coefficient (Wildman–Crippen LogP) is 5.59. The Morgan fingerprint density at radius 3 is 2.79 bits per heavy atom. The fraction of sp³-hybridized carbons (Fsp3) is 0.458. The lowest BCUT2D eigenvalue weighted by Gasteiger charge is -2.24. The second kappa shape index (κ2) is 10.1. The van der Waals surface area contributed by atoms with Crippen LogP contribution in [0.15, 0.2) is 42.5 Å². The fourth-order valence-electron chi connectivity index (χ4n) is 3.87. The number of nitrogens with one attached hydrogen (secondary N) is 1. The summed E-state index contributed by atoms with van der Waals surface area (Å²) in [4.78, 5) is 14.9. The molecule has 1 aliphatic heterocycles. The SMILES string of the molecule is CCCCCNC(=O)C1CCCN1Cc1cccc(-c2ccc(C)c(Cl)c2)c1. The van der Waals surface area contributed by atoms with Gasteiger partial charge in [-0.2, -0.15) is 0 Å². The van der Waals surface area contributed by atoms with Crippen molar-refractivity contribution in [2.45, 2.75) is 58.5 Å². The van der Waals surface area contributed by atoms with Crippen LogP contribution in [0.25, 0.3) is 11.1 Å². The third-order valence-corrected chi connectivity index (χ3v) is 5.97. The van der Waals surface area contributed by atoms with Crippen LogP contribution in [-0.4, -0.2) is 29.9 Å². The van der Waals surface area contributed by atoms with Gasteiger partial charge in [0.15, 0.2) is 0 Å². The molecule has 28 heavy (non-hydrogen) atoms. The number of likely N-dealkylation sites (tertiary alicyclic amines) is 1. The van der Waals surface area contributed by atoms with Gasteiger partial charge in [-0.1, -0.05) is 61.7 Å². The zero-order chi connectivity index (χ0) is 19.9. The van der Waals surface area contributed by atoms with Crippen LogP contribution in [0.2, 0.25) is 5.02 Å². The van der Waals surface area contributed by atoms with E-state index >= 15 is 0 Å². The normalized spacial score (nSPS) is 17.0. The third kappa shape index (κ3) is 5.36. The van der Waals surface area contributed by atoms with Crippen LogP contribution in [0, 0.1) is 6.92 Å². The average Bonchev–Trinajstić information content (AvgIpc) is 3.15. The van der Waals surface area contributed by atoms with Gasteiger partial charge in [-0.3, -0.25) is 9.69 Å². The van der Waals surface area contributed by atoms with Gasteiger partial charge in [0.1, 0.15) is 0 Å². The number of benzene rings is 2. The van der Waals surface area contributed by atoms with Crippen molar-refractivity contribution in [3.8, 4) is 11.1 Å². The van der Waals surface area contributed by atoms with Gasteiger partial charge in [0.25, 0.3) is 0 Å². The summed E-state index contributed by atoms with van der Waals surface area (Å²) in [7, 11) is 0. The van der Waals surface area contributed by atoms with Crippen LogP contribution in [0.5, 0.6) is 0 Å². The van der Waals surface area contributed by atoms with Gasteiger partial charge in [-0.15, -0.1) is 0 Å². The molecule has 150 valence electrons. The molecule has 0 bridgehead atoms. The van der Waals surface area contributed by atoms with E-state index < -0.39 is 0 Å². The van der Waals surface area contributed by atoms with Crippen molar-refractivity contribution in [2.75, 3.05) is 13.1 Å². The Labute approximate surface area is 174 Å². The maximum Gasteiger partial charge on any atom is 0.237 e. The zero-order valence-corrected chi connectivity index (χ0v) is 17.8. The second-order valence-electron chi connectivity index (χ2n) is 7.79. The highest BCUT2D eigenvalue weighted by molar-refractivity contribution is 6.31. The van der Waals surface area contributed by atoms with Crippen LogP contribution < -0.4 is 5.32 Å². The van der Waals surface area contributed by atoms with E-state index in [1.807, 2.05) is 13.0 Å². The van der Waals surface area contributed by atoms with Crippen LogP contribution in [0.1, 0.15) is 50.2 Å². The third-order valence-electron chi connectivity index (χ3n) is 5.56. The number of hydrogen-bond acceptors (Lipinski definition) is 2. The Morgan fingerprint density at radius 2 is 2.00 bits per heavy atom. The minimum absolute atomic E-state index is 0.000832. The molecule has 1 fully saturated rings. The van der Waals surface area contributed by atoms with E-state index in [2.05, 4.69) is 53.5 Å². The Balaban J connectivity index is 1.65. The average molecular weight is 399 g/mol. The van der Waals surface area contributed by atoms with Crippen LogP contribution in [-0.2, 0) is 11.3 Å². The maximum absolute atomic E-state index is 12.6. The smallest absolute Gasteiger partial charge is 0.237 e. The van der Waals surface area contributed by atoms with Crippen molar-refractivity contribution in [1.82, 2.24) is 10.2 Å². The summed E-state index contributed by atoms with van der Waals surface area (Å²) in [6.45, 7) is 6.78. The number of hydrogen-bond donors (Lipinski definition) is 1. The van der Waals surface area contributed by atoms with E-state index in [0.717, 1.165) is 55.0 Å². The quantitative estimate of drug-likeness (QED) is 0.588. The molecule has 2 aromatic carbocycles. The molecular formula is C24H31ClN2O. The van der Waals surface area contributed by atoms with Crippen molar-refractivity contribution < 1.29 is 4.79 Å². The molecule has 3 rings (SSSR count). The number of amides is 1. The molecule has 1 atom stereocenters. The first-order valence-corrected chi connectivity index (χ1v) is 10.8. The van der Waals surface area contributed by atoms with Crippen molar-refractivity contribution >= 4 is 17.5 Å². The van der Waals surface area contributed by atoms with E-state index in [9.17, 15) is 4.79 Å². The number of unbranched alkanes of at least 4 members (excludes halogenated alkanes) is 2. The summed E-state index contributed by atoms with van der Waals surface area (Å²) in [5.74, 6) is 0.190. The topological polar surface area (TPSA) is 32.3 Å². The Bertz CT molecular complexity index is 805. The maximum atomic E-state index is 12.6. The fourth-order valence-corrected chi connectivity index (χ4v) is 4.05. The van der Waals surface area contributed by atoms with Gasteiger partial charge in [-0.25, -0.2) is 0 Å². The lowest BCUT2D eigenvalue weighted by molar-refractivity contribution is -0.125. The zero-order valence-electron chi connectivity index (χ0n) is 17.0. The molecule has 0 saturated carbocycles. The largest absolute Gasteiger partial charge is 0.355 e. The van der Waals surface area contributed by atoms with E-state index in [1.165, 1.54) is 24.0 Å². The van der Waals surface area contributed by atoms with Crippen LogP contribution >= 0.6 is 11.6 Å². The molecule has 4 heteroatoms. The minimum atomic E-state index is -0.000832. The summed E-state index contributed by atoms with van der Waals surface area (Å²) in [6, 6.07) is 14.8. The monoisotopic (exact) mass is 398 g/mol. The molecule has 1 aliphatic rings. The summed E-state index contributed by atoms with van der Waals surface area (Å²) in [5.41, 5.74) is 4.62. The molecule has 0 radical (unpaired) electrons. The summed E-state index contributed by atoms with van der Waals surface area (Å²) >= 11 is 6.30. The van der Waals surface area contributed by atoms with Gasteiger partial charge in [0.2, 0.25) is 5.91 Å². The van der Waals surface area contributed by atoms with Gasteiger partial charge < -0.3 is 5.32 Å². The first kappa shape index (κ1) is 20.9. The predicted molar refractivity (Wildman–Crippen MR) is 118 cm³/mol. The molecule has 0 spiro atoms. The highest BCUT2D eigenvalue weighted by Gasteiger charge is 2.30. The summed E-state index contributed by atoms with van der Waals surface area (Å²) in [5, 5.41) is 3.92. The molecule has 3 nitrogen and oxygen atoms in total. The number of carbonyl (C=O) groups is 1. The first-order chi connectivity index (χ1) is 13.6. The van der Waals surface area contributed by atoms with Crippen molar-refractivity contribution in [3.05, 3.63) is 58.6 Å². The second-order valence-corrected chi connectivity index (χ2v) is 8.20. The van der Waals surface area contributed by atoms with E-state index in [1.54, 1.807) is 0 Å². The molecule has 1 heterocycles. The molecule has 1 unspecified atom stereocenters. The van der Waals surface area contributed by atoms with Crippen molar-refractivity contribution in [3.63, 3.8) is 0 Å². The molecule has 2 aromatic rings. The lowest BCUT2D eigenvalue weighted by atomic mass is 10.0. The number of nitrogens with zero attached hydrogens (tertiary/aromatic N) is 1. The highest BCUT2D eigenvalue weighted by atomic mass is 35.5. The van der Waals surface area contributed by atoms with Gasteiger partial charge in [0, 0.05) is 18.1 Å². The van der Waals surface area contributed by atoms with Crippen LogP contribution in [0.4, 0.5) is 0 Å². The van der Waals surface area contributed by atoms with Crippen molar-refractivity contribution in [2.24, 2.45) is 0 Å². The number of rotatable bonds is 8. The number of carbonyl (C=O) groups excluding carboxylic acids is 1. The van der Waals surface area contributed by atoms with Gasteiger partial charge >= 0.3 is 0 Å². The molecule has 0 aromatic heterocycles. The molecule has 1 saturated heterocycles. The minimum Gasteiger partial charge on any atom is -0.355 e. The van der Waals surface area contributed by atoms with E-state index in [0.29, 0.717) is 0 Å². The Morgan fingerprint density at radius 1 is 1.18 bits per heavy atom. The number of aryl methyl sites for hydroxylation is 1. The van der Waals surface area contributed by atoms with Crippen LogP contribution in [0.3, 0.4) is 0 Å². The van der Waals surface area contributed by atoms with Gasteiger partial charge in [-0.05, 0) is 67.1 Å². The number of halogens is 1. The van der Waals surface area contributed by atoms with E-state index in [-0.39, 0.29) is 11.9 Å². The highest BCUT2D eigenvalue weighted by Crippen LogP contribution is 2.27. The standard InChI is InChI=1S/C24H31ClN2O/c1-3-4-5-13-26-24(28)23-10-7-14-27(23)17-19-8-6-9-20(15-19)21-12-11-18(2)22(25)16-21/h6,8-9,11-12,15-16,23H,3-5,7,10,13-14,17H2,1-2H3,(H,26,28). The first-order valence-electron chi connectivity index (χ1n) is 10.5. The molecule has 0 aliphatic carbocycles. The van der Waals surface area contributed by atoms with E-state index in [4.69, 9.17) is 11.6 Å². The Kier molecular flexibility index (Phi) is 7.52. The lowest BCUT2D eigenvalue weighted by Crippen LogP contribution is -2.43. The van der Waals surface area contributed by atoms with Crippen molar-refractivity contribution in [1.29, 1.82) is 0 Å². The summed E-state index contributed by atoms with van der Waals surface area (Å²) in [6.07, 6.45) is 5.45.